The largest absolute Gasteiger partial charge is 0.378 e. The third-order valence-electron chi connectivity index (χ3n) is 3.32. The van der Waals surface area contributed by atoms with E-state index in [1.54, 1.807) is 0 Å². The summed E-state index contributed by atoms with van der Waals surface area (Å²) in [5, 5.41) is 3.35. The monoisotopic (exact) mass is 284 g/mol. The van der Waals surface area contributed by atoms with E-state index < -0.39 is 0 Å². The molecule has 0 saturated carbocycles. The maximum absolute atomic E-state index is 4.64. The van der Waals surface area contributed by atoms with Crippen molar-refractivity contribution >= 4 is 11.5 Å². The molecule has 0 aliphatic rings. The number of rotatable bonds is 6. The van der Waals surface area contributed by atoms with Gasteiger partial charge >= 0.3 is 0 Å². The predicted octanol–water partition coefficient (Wildman–Crippen LogP) is 3.59. The standard InChI is InChI=1S/C17H24N4/c1-5-11-18-17-12-15(19-16(6-2)20-17)13-7-9-14(10-8-13)21(3)4/h7-10,12H,5-6,11H2,1-4H3,(H,18,19,20). The van der Waals surface area contributed by atoms with Crippen LogP contribution in [0.3, 0.4) is 0 Å². The molecule has 0 saturated heterocycles. The van der Waals surface area contributed by atoms with Crippen molar-refractivity contribution in [1.29, 1.82) is 0 Å². The average molecular weight is 284 g/mol. The van der Waals surface area contributed by atoms with E-state index in [2.05, 4.69) is 58.3 Å². The van der Waals surface area contributed by atoms with Crippen LogP contribution in [0, 0.1) is 0 Å². The van der Waals surface area contributed by atoms with E-state index in [0.717, 1.165) is 42.3 Å². The van der Waals surface area contributed by atoms with E-state index in [-0.39, 0.29) is 0 Å². The number of aryl methyl sites for hydroxylation is 1. The number of benzene rings is 1. The summed E-state index contributed by atoms with van der Waals surface area (Å²) < 4.78 is 0. The molecule has 1 aromatic carbocycles. The van der Waals surface area contributed by atoms with Crippen molar-refractivity contribution in [2.24, 2.45) is 0 Å². The first kappa shape index (κ1) is 15.3. The predicted molar refractivity (Wildman–Crippen MR) is 90.0 cm³/mol. The Kier molecular flexibility index (Phi) is 5.14. The lowest BCUT2D eigenvalue weighted by atomic mass is 10.1. The minimum atomic E-state index is 0.838. The third-order valence-corrected chi connectivity index (χ3v) is 3.32. The lowest BCUT2D eigenvalue weighted by Crippen LogP contribution is -2.08. The molecular weight excluding hydrogens is 260 g/mol. The van der Waals surface area contributed by atoms with Gasteiger partial charge in [-0.25, -0.2) is 9.97 Å². The fourth-order valence-corrected chi connectivity index (χ4v) is 2.08. The smallest absolute Gasteiger partial charge is 0.131 e. The van der Waals surface area contributed by atoms with Crippen LogP contribution in [0.4, 0.5) is 11.5 Å². The Morgan fingerprint density at radius 1 is 1.05 bits per heavy atom. The van der Waals surface area contributed by atoms with Crippen LogP contribution in [0.15, 0.2) is 30.3 Å². The first-order valence-electron chi connectivity index (χ1n) is 7.53. The quantitative estimate of drug-likeness (QED) is 0.880. The zero-order chi connectivity index (χ0) is 15.2. The van der Waals surface area contributed by atoms with Crippen LogP contribution in [0.2, 0.25) is 0 Å². The summed E-state index contributed by atoms with van der Waals surface area (Å²) in [4.78, 5) is 11.3. The molecule has 1 aromatic heterocycles. The lowest BCUT2D eigenvalue weighted by molar-refractivity contribution is 0.919. The topological polar surface area (TPSA) is 41.0 Å². The van der Waals surface area contributed by atoms with Gasteiger partial charge in [-0.15, -0.1) is 0 Å². The Labute approximate surface area is 127 Å². The minimum Gasteiger partial charge on any atom is -0.378 e. The van der Waals surface area contributed by atoms with E-state index in [1.165, 1.54) is 5.69 Å². The summed E-state index contributed by atoms with van der Waals surface area (Å²) in [6.45, 7) is 5.16. The Hall–Kier alpha value is -2.10. The molecule has 0 amide bonds. The van der Waals surface area contributed by atoms with Gasteiger partial charge in [0.15, 0.2) is 0 Å². The highest BCUT2D eigenvalue weighted by Gasteiger charge is 2.06. The molecule has 4 nitrogen and oxygen atoms in total. The van der Waals surface area contributed by atoms with Gasteiger partial charge in [0.25, 0.3) is 0 Å². The number of anilines is 2. The Morgan fingerprint density at radius 3 is 2.33 bits per heavy atom. The van der Waals surface area contributed by atoms with Crippen LogP contribution < -0.4 is 10.2 Å². The SMILES string of the molecule is CCCNc1cc(-c2ccc(N(C)C)cc2)nc(CC)n1. The van der Waals surface area contributed by atoms with Crippen molar-refractivity contribution in [3.63, 3.8) is 0 Å². The molecule has 2 aromatic rings. The molecule has 0 atom stereocenters. The molecule has 0 aliphatic carbocycles. The summed E-state index contributed by atoms with van der Waals surface area (Å²) in [5.41, 5.74) is 3.29. The minimum absolute atomic E-state index is 0.838. The lowest BCUT2D eigenvalue weighted by Gasteiger charge is -2.13. The van der Waals surface area contributed by atoms with E-state index in [4.69, 9.17) is 0 Å². The second-order valence-electron chi connectivity index (χ2n) is 5.28. The molecular formula is C17H24N4. The Morgan fingerprint density at radius 2 is 1.76 bits per heavy atom. The van der Waals surface area contributed by atoms with Gasteiger partial charge in [-0.05, 0) is 18.6 Å². The first-order chi connectivity index (χ1) is 10.1. The molecule has 1 N–H and O–H groups in total. The second kappa shape index (κ2) is 7.07. The summed E-state index contributed by atoms with van der Waals surface area (Å²) >= 11 is 0. The third kappa shape index (κ3) is 3.94. The molecule has 112 valence electrons. The molecule has 21 heavy (non-hydrogen) atoms. The maximum atomic E-state index is 4.64. The highest BCUT2D eigenvalue weighted by Crippen LogP contribution is 2.23. The van der Waals surface area contributed by atoms with Crippen LogP contribution in [0.25, 0.3) is 11.3 Å². The molecule has 2 rings (SSSR count). The number of hydrogen-bond acceptors (Lipinski definition) is 4. The molecule has 0 bridgehead atoms. The van der Waals surface area contributed by atoms with Gasteiger partial charge in [0.1, 0.15) is 11.6 Å². The number of aromatic nitrogens is 2. The Bertz CT molecular complexity index is 576. The molecule has 0 fully saturated rings. The first-order valence-corrected chi connectivity index (χ1v) is 7.53. The van der Waals surface area contributed by atoms with Crippen molar-refractivity contribution in [2.75, 3.05) is 30.9 Å². The summed E-state index contributed by atoms with van der Waals surface area (Å²) in [6, 6.07) is 10.5. The fraction of sp³-hybridized carbons (Fsp3) is 0.412. The van der Waals surface area contributed by atoms with Gasteiger partial charge in [-0.2, -0.15) is 0 Å². The molecule has 0 radical (unpaired) electrons. The zero-order valence-electron chi connectivity index (χ0n) is 13.3. The van der Waals surface area contributed by atoms with Gasteiger partial charge < -0.3 is 10.2 Å². The highest BCUT2D eigenvalue weighted by molar-refractivity contribution is 5.65. The van der Waals surface area contributed by atoms with Crippen LogP contribution in [-0.2, 0) is 6.42 Å². The molecule has 4 heteroatoms. The normalized spacial score (nSPS) is 10.5. The van der Waals surface area contributed by atoms with E-state index in [9.17, 15) is 0 Å². The van der Waals surface area contributed by atoms with E-state index in [1.807, 2.05) is 20.2 Å². The fourth-order valence-electron chi connectivity index (χ4n) is 2.08. The molecule has 1 heterocycles. The van der Waals surface area contributed by atoms with Crippen LogP contribution in [0.5, 0.6) is 0 Å². The van der Waals surface area contributed by atoms with Crippen molar-refractivity contribution in [1.82, 2.24) is 9.97 Å². The van der Waals surface area contributed by atoms with Gasteiger partial charge in [0.05, 0.1) is 5.69 Å². The van der Waals surface area contributed by atoms with Crippen LogP contribution >= 0.6 is 0 Å². The molecule has 0 spiro atoms. The average Bonchev–Trinajstić information content (AvgIpc) is 2.52. The van der Waals surface area contributed by atoms with Gasteiger partial charge in [0, 0.05) is 44.4 Å². The number of nitrogens with zero attached hydrogens (tertiary/aromatic N) is 3. The zero-order valence-corrected chi connectivity index (χ0v) is 13.3. The van der Waals surface area contributed by atoms with Gasteiger partial charge in [0.2, 0.25) is 0 Å². The summed E-state index contributed by atoms with van der Waals surface area (Å²) in [6.07, 6.45) is 1.92. The second-order valence-corrected chi connectivity index (χ2v) is 5.28. The molecule has 0 aliphatic heterocycles. The molecule has 0 unspecified atom stereocenters. The summed E-state index contributed by atoms with van der Waals surface area (Å²) in [7, 11) is 4.09. The number of hydrogen-bond donors (Lipinski definition) is 1. The maximum Gasteiger partial charge on any atom is 0.131 e. The highest BCUT2D eigenvalue weighted by atomic mass is 15.1. The van der Waals surface area contributed by atoms with E-state index >= 15 is 0 Å². The summed E-state index contributed by atoms with van der Waals surface area (Å²) in [5.74, 6) is 1.79. The van der Waals surface area contributed by atoms with Crippen molar-refractivity contribution in [3.05, 3.63) is 36.2 Å². The van der Waals surface area contributed by atoms with Crippen molar-refractivity contribution in [2.45, 2.75) is 26.7 Å². The van der Waals surface area contributed by atoms with Crippen molar-refractivity contribution in [3.8, 4) is 11.3 Å². The van der Waals surface area contributed by atoms with Crippen LogP contribution in [0.1, 0.15) is 26.1 Å². The van der Waals surface area contributed by atoms with Gasteiger partial charge in [-0.1, -0.05) is 26.0 Å². The van der Waals surface area contributed by atoms with Crippen molar-refractivity contribution < 1.29 is 0 Å². The number of nitrogens with one attached hydrogen (secondary N) is 1. The van der Waals surface area contributed by atoms with Gasteiger partial charge in [-0.3, -0.25) is 0 Å². The van der Waals surface area contributed by atoms with Crippen LogP contribution in [-0.4, -0.2) is 30.6 Å². The Balaban J connectivity index is 2.32. The van der Waals surface area contributed by atoms with E-state index in [0.29, 0.717) is 0 Å².